The third-order valence-electron chi connectivity index (χ3n) is 2.15. The van der Waals surface area contributed by atoms with Crippen LogP contribution in [0.3, 0.4) is 0 Å². The van der Waals surface area contributed by atoms with Gasteiger partial charge in [-0.15, -0.1) is 0 Å². The Morgan fingerprint density at radius 2 is 2.18 bits per heavy atom. The Morgan fingerprint density at radius 1 is 1.45 bits per heavy atom. The molecule has 1 rings (SSSR count). The Balaban J connectivity index is 2.22. The van der Waals surface area contributed by atoms with Gasteiger partial charge in [0, 0.05) is 6.54 Å². The van der Waals surface area contributed by atoms with E-state index >= 15 is 0 Å². The number of nitrogens with one attached hydrogen (secondary N) is 1. The van der Waals surface area contributed by atoms with Gasteiger partial charge < -0.3 is 5.32 Å². The maximum Gasteiger partial charge on any atom is 0.0164 e. The van der Waals surface area contributed by atoms with Crippen LogP contribution in [-0.2, 0) is 0 Å². The summed E-state index contributed by atoms with van der Waals surface area (Å²) in [5.41, 5.74) is 1.59. The van der Waals surface area contributed by atoms with Gasteiger partial charge in [-0.25, -0.2) is 0 Å². The highest BCUT2D eigenvalue weighted by molar-refractivity contribution is 5.09. The molecular formula is C10H19N. The zero-order valence-electron chi connectivity index (χ0n) is 7.69. The summed E-state index contributed by atoms with van der Waals surface area (Å²) in [6.45, 7) is 6.58. The van der Waals surface area contributed by atoms with Gasteiger partial charge in [0.15, 0.2) is 0 Å². The fourth-order valence-corrected chi connectivity index (χ4v) is 1.18. The Kier molecular flexibility index (Phi) is 3.64. The molecule has 1 fully saturated rings. The first-order chi connectivity index (χ1) is 5.36. The van der Waals surface area contributed by atoms with Crippen molar-refractivity contribution >= 4 is 0 Å². The van der Waals surface area contributed by atoms with Crippen LogP contribution in [0.15, 0.2) is 11.6 Å². The molecule has 0 heterocycles. The quantitative estimate of drug-likeness (QED) is 0.598. The first kappa shape index (κ1) is 8.79. The standard InChI is InChI=1S/C10H19N/c1-3-9(8-11-4-2)7-10-5-6-10/h7,10-11H,3-6,8H2,1-2H3. The first-order valence-corrected chi connectivity index (χ1v) is 4.77. The first-order valence-electron chi connectivity index (χ1n) is 4.77. The Labute approximate surface area is 69.9 Å². The summed E-state index contributed by atoms with van der Waals surface area (Å²) in [5, 5.41) is 3.36. The second-order valence-electron chi connectivity index (χ2n) is 3.30. The second-order valence-corrected chi connectivity index (χ2v) is 3.30. The third-order valence-corrected chi connectivity index (χ3v) is 2.15. The highest BCUT2D eigenvalue weighted by Gasteiger charge is 2.18. The van der Waals surface area contributed by atoms with Crippen molar-refractivity contribution in [3.63, 3.8) is 0 Å². The number of rotatable bonds is 5. The van der Waals surface area contributed by atoms with Gasteiger partial charge in [-0.3, -0.25) is 0 Å². The van der Waals surface area contributed by atoms with Crippen molar-refractivity contribution in [2.75, 3.05) is 13.1 Å². The average Bonchev–Trinajstić information content (AvgIpc) is 2.81. The van der Waals surface area contributed by atoms with E-state index in [4.69, 9.17) is 0 Å². The zero-order chi connectivity index (χ0) is 8.10. The van der Waals surface area contributed by atoms with E-state index in [1.807, 2.05) is 0 Å². The molecule has 1 heteroatoms. The minimum absolute atomic E-state index is 0.934. The SMILES string of the molecule is CCNCC(=CC1CC1)CC. The van der Waals surface area contributed by atoms with Crippen LogP contribution in [0.2, 0.25) is 0 Å². The molecule has 0 aromatic heterocycles. The van der Waals surface area contributed by atoms with E-state index in [-0.39, 0.29) is 0 Å². The molecule has 0 radical (unpaired) electrons. The van der Waals surface area contributed by atoms with Gasteiger partial charge in [0.1, 0.15) is 0 Å². The predicted octanol–water partition coefficient (Wildman–Crippen LogP) is 2.34. The summed E-state index contributed by atoms with van der Waals surface area (Å²) in [4.78, 5) is 0. The van der Waals surface area contributed by atoms with E-state index < -0.39 is 0 Å². The highest BCUT2D eigenvalue weighted by atomic mass is 14.8. The maximum absolute atomic E-state index is 3.36. The molecular weight excluding hydrogens is 134 g/mol. The fraction of sp³-hybridized carbons (Fsp3) is 0.800. The lowest BCUT2D eigenvalue weighted by Gasteiger charge is -2.04. The number of hydrogen-bond acceptors (Lipinski definition) is 1. The lowest BCUT2D eigenvalue weighted by molar-refractivity contribution is 0.753. The van der Waals surface area contributed by atoms with E-state index in [9.17, 15) is 0 Å². The maximum atomic E-state index is 3.36. The zero-order valence-corrected chi connectivity index (χ0v) is 7.69. The van der Waals surface area contributed by atoms with Gasteiger partial charge in [-0.2, -0.15) is 0 Å². The molecule has 1 nitrogen and oxygen atoms in total. The lowest BCUT2D eigenvalue weighted by Crippen LogP contribution is -2.15. The topological polar surface area (TPSA) is 12.0 Å². The highest BCUT2D eigenvalue weighted by Crippen LogP contribution is 2.31. The van der Waals surface area contributed by atoms with Gasteiger partial charge in [0.05, 0.1) is 0 Å². The second kappa shape index (κ2) is 4.55. The average molecular weight is 153 g/mol. The molecule has 0 unspecified atom stereocenters. The van der Waals surface area contributed by atoms with Crippen molar-refractivity contribution in [3.8, 4) is 0 Å². The van der Waals surface area contributed by atoms with Crippen molar-refractivity contribution in [1.82, 2.24) is 5.32 Å². The molecule has 0 bridgehead atoms. The molecule has 0 aromatic rings. The van der Waals surface area contributed by atoms with Crippen molar-refractivity contribution in [1.29, 1.82) is 0 Å². The summed E-state index contributed by atoms with van der Waals surface area (Å²) < 4.78 is 0. The molecule has 0 aromatic carbocycles. The summed E-state index contributed by atoms with van der Waals surface area (Å²) >= 11 is 0. The van der Waals surface area contributed by atoms with Crippen LogP contribution < -0.4 is 5.32 Å². The molecule has 0 aliphatic heterocycles. The normalized spacial score (nSPS) is 18.9. The van der Waals surface area contributed by atoms with E-state index in [1.54, 1.807) is 5.57 Å². The molecule has 1 aliphatic carbocycles. The van der Waals surface area contributed by atoms with Gasteiger partial charge in [0.2, 0.25) is 0 Å². The molecule has 0 spiro atoms. The number of allylic oxidation sites excluding steroid dienone is 1. The lowest BCUT2D eigenvalue weighted by atomic mass is 10.1. The van der Waals surface area contributed by atoms with E-state index in [1.165, 1.54) is 19.3 Å². The van der Waals surface area contributed by atoms with Gasteiger partial charge >= 0.3 is 0 Å². The van der Waals surface area contributed by atoms with Crippen LogP contribution in [0.5, 0.6) is 0 Å². The van der Waals surface area contributed by atoms with Crippen molar-refractivity contribution in [2.24, 2.45) is 5.92 Å². The summed E-state index contributed by atoms with van der Waals surface area (Å²) in [5.74, 6) is 0.934. The minimum Gasteiger partial charge on any atom is -0.313 e. The monoisotopic (exact) mass is 153 g/mol. The van der Waals surface area contributed by atoms with E-state index in [0.717, 1.165) is 19.0 Å². The molecule has 64 valence electrons. The molecule has 1 aliphatic rings. The number of hydrogen-bond donors (Lipinski definition) is 1. The molecule has 11 heavy (non-hydrogen) atoms. The van der Waals surface area contributed by atoms with Crippen LogP contribution in [-0.4, -0.2) is 13.1 Å². The Morgan fingerprint density at radius 3 is 2.64 bits per heavy atom. The molecule has 1 N–H and O–H groups in total. The summed E-state index contributed by atoms with van der Waals surface area (Å²) in [6.07, 6.45) is 6.53. The van der Waals surface area contributed by atoms with Crippen LogP contribution in [0.25, 0.3) is 0 Å². The van der Waals surface area contributed by atoms with Crippen molar-refractivity contribution in [3.05, 3.63) is 11.6 Å². The van der Waals surface area contributed by atoms with Crippen LogP contribution in [0.1, 0.15) is 33.1 Å². The van der Waals surface area contributed by atoms with Crippen molar-refractivity contribution < 1.29 is 0 Å². The summed E-state index contributed by atoms with van der Waals surface area (Å²) in [6, 6.07) is 0. The Bertz CT molecular complexity index is 134. The van der Waals surface area contributed by atoms with Crippen molar-refractivity contribution in [2.45, 2.75) is 33.1 Å². The molecule has 1 saturated carbocycles. The van der Waals surface area contributed by atoms with Gasteiger partial charge in [0.25, 0.3) is 0 Å². The van der Waals surface area contributed by atoms with Crippen LogP contribution in [0.4, 0.5) is 0 Å². The van der Waals surface area contributed by atoms with Gasteiger partial charge in [-0.05, 0) is 31.7 Å². The minimum atomic E-state index is 0.934. The molecule has 0 atom stereocenters. The summed E-state index contributed by atoms with van der Waals surface area (Å²) in [7, 11) is 0. The van der Waals surface area contributed by atoms with E-state index in [2.05, 4.69) is 25.2 Å². The predicted molar refractivity (Wildman–Crippen MR) is 49.6 cm³/mol. The fourth-order valence-electron chi connectivity index (χ4n) is 1.18. The van der Waals surface area contributed by atoms with Gasteiger partial charge in [-0.1, -0.05) is 25.5 Å². The van der Waals surface area contributed by atoms with Crippen LogP contribution >= 0.6 is 0 Å². The molecule has 0 amide bonds. The van der Waals surface area contributed by atoms with Crippen LogP contribution in [0, 0.1) is 5.92 Å². The Hall–Kier alpha value is -0.300. The molecule has 0 saturated heterocycles. The van der Waals surface area contributed by atoms with E-state index in [0.29, 0.717) is 0 Å². The largest absolute Gasteiger partial charge is 0.313 e. The number of likely N-dealkylation sites (N-methyl/N-ethyl adjacent to an activating group) is 1. The third kappa shape index (κ3) is 3.57. The smallest absolute Gasteiger partial charge is 0.0164 e.